The molecule has 0 fully saturated rings. The Kier molecular flexibility index (Phi) is 5.32. The number of aromatic nitrogens is 1. The molecule has 1 aromatic carbocycles. The summed E-state index contributed by atoms with van der Waals surface area (Å²) < 4.78 is 5.55. The minimum Gasteiger partial charge on any atom is -0.492 e. The summed E-state index contributed by atoms with van der Waals surface area (Å²) >= 11 is 1.07. The normalized spacial score (nSPS) is 11.7. The average Bonchev–Trinajstić information content (AvgIpc) is 2.94. The van der Waals surface area contributed by atoms with Crippen LogP contribution in [0.25, 0.3) is 10.6 Å². The number of nitriles is 1. The van der Waals surface area contributed by atoms with Gasteiger partial charge in [0.25, 0.3) is 0 Å². The Morgan fingerprint density at radius 3 is 2.83 bits per heavy atom. The van der Waals surface area contributed by atoms with Crippen molar-refractivity contribution in [2.45, 2.75) is 13.8 Å². The van der Waals surface area contributed by atoms with Crippen LogP contribution in [0.1, 0.15) is 27.9 Å². The highest BCUT2D eigenvalue weighted by atomic mass is 32.1. The lowest BCUT2D eigenvalue weighted by atomic mass is 10.1. The summed E-state index contributed by atoms with van der Waals surface area (Å²) in [7, 11) is 0. The zero-order valence-electron chi connectivity index (χ0n) is 12.7. The van der Waals surface area contributed by atoms with Crippen molar-refractivity contribution in [1.29, 1.82) is 5.26 Å². The van der Waals surface area contributed by atoms with Crippen LogP contribution in [0.5, 0.6) is 5.75 Å². The van der Waals surface area contributed by atoms with E-state index in [1.807, 2.05) is 6.92 Å². The Morgan fingerprint density at radius 1 is 1.52 bits per heavy atom. The van der Waals surface area contributed by atoms with Gasteiger partial charge in [0, 0.05) is 18.1 Å². The Bertz CT molecular complexity index is 764. The van der Waals surface area contributed by atoms with E-state index >= 15 is 0 Å². The predicted molar refractivity (Wildman–Crippen MR) is 85.7 cm³/mol. The number of rotatable bonds is 6. The molecule has 0 spiro atoms. The van der Waals surface area contributed by atoms with Gasteiger partial charge in [-0.3, -0.25) is 0 Å². The first-order chi connectivity index (χ1) is 11.0. The highest BCUT2D eigenvalue weighted by molar-refractivity contribution is 7.17. The highest BCUT2D eigenvalue weighted by Gasteiger charge is 2.16. The Morgan fingerprint density at radius 2 is 2.26 bits per heavy atom. The summed E-state index contributed by atoms with van der Waals surface area (Å²) in [6.07, 6.45) is 0. The maximum absolute atomic E-state index is 11.1. The molecule has 0 bridgehead atoms. The van der Waals surface area contributed by atoms with E-state index in [4.69, 9.17) is 14.9 Å². The van der Waals surface area contributed by atoms with Gasteiger partial charge in [0.05, 0.1) is 17.9 Å². The lowest BCUT2D eigenvalue weighted by Crippen LogP contribution is -2.12. The van der Waals surface area contributed by atoms with Crippen molar-refractivity contribution < 1.29 is 19.7 Å². The maximum Gasteiger partial charge on any atom is 0.347 e. The number of hydrogen-bond acceptors (Lipinski definition) is 6. The van der Waals surface area contributed by atoms with Crippen LogP contribution >= 0.6 is 11.3 Å². The van der Waals surface area contributed by atoms with Crippen LogP contribution in [0, 0.1) is 24.2 Å². The van der Waals surface area contributed by atoms with E-state index < -0.39 is 5.97 Å². The third-order valence-electron chi connectivity index (χ3n) is 3.17. The van der Waals surface area contributed by atoms with Crippen LogP contribution < -0.4 is 4.74 Å². The molecule has 6 nitrogen and oxygen atoms in total. The monoisotopic (exact) mass is 332 g/mol. The molecule has 0 saturated heterocycles. The molecular formula is C16H16N2O4S. The molecule has 23 heavy (non-hydrogen) atoms. The first-order valence-electron chi connectivity index (χ1n) is 6.95. The first-order valence-corrected chi connectivity index (χ1v) is 7.76. The fourth-order valence-corrected chi connectivity index (χ4v) is 2.78. The largest absolute Gasteiger partial charge is 0.492 e. The van der Waals surface area contributed by atoms with E-state index in [1.54, 1.807) is 25.1 Å². The van der Waals surface area contributed by atoms with Gasteiger partial charge in [0.1, 0.15) is 21.7 Å². The van der Waals surface area contributed by atoms with Crippen molar-refractivity contribution >= 4 is 17.3 Å². The van der Waals surface area contributed by atoms with Crippen molar-refractivity contribution in [2.75, 3.05) is 13.2 Å². The van der Waals surface area contributed by atoms with Gasteiger partial charge in [0.15, 0.2) is 0 Å². The number of aryl methyl sites for hydroxylation is 1. The highest BCUT2D eigenvalue weighted by Crippen LogP contribution is 2.31. The minimum atomic E-state index is -1.01. The predicted octanol–water partition coefficient (Wildman–Crippen LogP) is 2.70. The summed E-state index contributed by atoms with van der Waals surface area (Å²) in [5.41, 5.74) is 1.47. The van der Waals surface area contributed by atoms with Gasteiger partial charge in [-0.2, -0.15) is 5.26 Å². The van der Waals surface area contributed by atoms with E-state index in [1.165, 1.54) is 0 Å². The molecule has 1 atom stereocenters. The molecule has 1 aromatic heterocycles. The van der Waals surface area contributed by atoms with Gasteiger partial charge in [0.2, 0.25) is 0 Å². The second-order valence-corrected chi connectivity index (χ2v) is 6.16. The topological polar surface area (TPSA) is 103 Å². The van der Waals surface area contributed by atoms with Gasteiger partial charge in [-0.1, -0.05) is 6.92 Å². The molecule has 2 aromatic rings. The number of hydrogen-bond donors (Lipinski definition) is 2. The van der Waals surface area contributed by atoms with Crippen LogP contribution in [-0.4, -0.2) is 34.4 Å². The number of aromatic carboxylic acids is 1. The molecule has 0 radical (unpaired) electrons. The SMILES string of the molecule is Cc1nc(-c2ccc(OCC(C)CO)c(C#N)c2)sc1C(=O)O. The molecule has 2 N–H and O–H groups in total. The van der Waals surface area contributed by atoms with Crippen LogP contribution in [0.2, 0.25) is 0 Å². The van der Waals surface area contributed by atoms with E-state index in [0.717, 1.165) is 11.3 Å². The average molecular weight is 332 g/mol. The molecule has 0 aliphatic carbocycles. The van der Waals surface area contributed by atoms with Crippen LogP contribution in [0.3, 0.4) is 0 Å². The molecule has 0 saturated carbocycles. The van der Waals surface area contributed by atoms with E-state index in [-0.39, 0.29) is 17.4 Å². The maximum atomic E-state index is 11.1. The summed E-state index contributed by atoms with van der Waals surface area (Å²) in [5, 5.41) is 27.9. The van der Waals surface area contributed by atoms with Gasteiger partial charge in [-0.15, -0.1) is 11.3 Å². The number of carbonyl (C=O) groups is 1. The summed E-state index contributed by atoms with van der Waals surface area (Å²) in [6, 6.07) is 7.09. The third-order valence-corrected chi connectivity index (χ3v) is 4.37. The number of ether oxygens (including phenoxy) is 1. The van der Waals surface area contributed by atoms with Crippen molar-refractivity contribution in [3.8, 4) is 22.4 Å². The number of aliphatic hydroxyl groups is 1. The molecule has 120 valence electrons. The van der Waals surface area contributed by atoms with Crippen LogP contribution in [0.15, 0.2) is 18.2 Å². The van der Waals surface area contributed by atoms with Crippen LogP contribution in [-0.2, 0) is 0 Å². The molecule has 0 aliphatic heterocycles. The Labute approximate surface area is 137 Å². The minimum absolute atomic E-state index is 0.0102. The van der Waals surface area contributed by atoms with Crippen LogP contribution in [0.4, 0.5) is 0 Å². The zero-order chi connectivity index (χ0) is 17.0. The third kappa shape index (κ3) is 3.86. The van der Waals surface area contributed by atoms with Gasteiger partial charge in [-0.25, -0.2) is 9.78 Å². The standard InChI is InChI=1S/C16H16N2O4S/c1-9(7-19)8-22-13-4-3-11(5-12(13)6-17)15-18-10(2)14(23-15)16(20)21/h3-5,9,19H,7-8H2,1-2H3,(H,20,21). The number of carboxylic acids is 1. The lowest BCUT2D eigenvalue weighted by Gasteiger charge is -2.12. The molecule has 1 heterocycles. The zero-order valence-corrected chi connectivity index (χ0v) is 13.6. The number of thiazole rings is 1. The summed E-state index contributed by atoms with van der Waals surface area (Å²) in [5.74, 6) is -0.603. The number of aliphatic hydroxyl groups excluding tert-OH is 1. The molecule has 1 unspecified atom stereocenters. The summed E-state index contributed by atoms with van der Waals surface area (Å²) in [6.45, 7) is 3.80. The second-order valence-electron chi connectivity index (χ2n) is 5.16. The molecule has 0 amide bonds. The van der Waals surface area contributed by atoms with Crippen molar-refractivity contribution in [3.05, 3.63) is 34.3 Å². The molecule has 2 rings (SSSR count). The second kappa shape index (κ2) is 7.22. The quantitative estimate of drug-likeness (QED) is 0.843. The first kappa shape index (κ1) is 16.9. The van der Waals surface area contributed by atoms with Crippen molar-refractivity contribution in [1.82, 2.24) is 4.98 Å². The number of carboxylic acid groups (broad SMARTS) is 1. The number of benzene rings is 1. The van der Waals surface area contributed by atoms with Crippen molar-refractivity contribution in [2.24, 2.45) is 5.92 Å². The van der Waals surface area contributed by atoms with E-state index in [0.29, 0.717) is 34.2 Å². The lowest BCUT2D eigenvalue weighted by molar-refractivity contribution is 0.0701. The number of nitrogens with zero attached hydrogens (tertiary/aromatic N) is 2. The van der Waals surface area contributed by atoms with Gasteiger partial charge < -0.3 is 14.9 Å². The summed E-state index contributed by atoms with van der Waals surface area (Å²) in [4.78, 5) is 15.5. The Hall–Kier alpha value is -2.43. The van der Waals surface area contributed by atoms with E-state index in [9.17, 15) is 10.1 Å². The fourth-order valence-electron chi connectivity index (χ4n) is 1.88. The van der Waals surface area contributed by atoms with Gasteiger partial charge in [-0.05, 0) is 25.1 Å². The Balaban J connectivity index is 2.30. The molecule has 7 heteroatoms. The van der Waals surface area contributed by atoms with E-state index in [2.05, 4.69) is 11.1 Å². The molecular weight excluding hydrogens is 316 g/mol. The smallest absolute Gasteiger partial charge is 0.347 e. The van der Waals surface area contributed by atoms with Crippen molar-refractivity contribution in [3.63, 3.8) is 0 Å². The fraction of sp³-hybridized carbons (Fsp3) is 0.312. The van der Waals surface area contributed by atoms with Gasteiger partial charge >= 0.3 is 5.97 Å². The molecule has 0 aliphatic rings.